The van der Waals surface area contributed by atoms with Gasteiger partial charge in [0.1, 0.15) is 0 Å². The summed E-state index contributed by atoms with van der Waals surface area (Å²) in [5, 5.41) is 4.12. The lowest BCUT2D eigenvalue weighted by atomic mass is 9.81. The van der Waals surface area contributed by atoms with Crippen LogP contribution in [0.25, 0.3) is 22.2 Å². The Bertz CT molecular complexity index is 1380. The van der Waals surface area contributed by atoms with Crippen molar-refractivity contribution < 1.29 is 9.59 Å². The minimum atomic E-state index is -0.0369. The SMILES string of the molecule is CNC(=O)c1ccc2c(C3CCCCC3)c3n(c2c1)CCN(C1CCN(C(C)=O)CC1)c1cc(C)ccc1-3. The molecule has 2 fully saturated rings. The molecule has 6 nitrogen and oxygen atoms in total. The highest BCUT2D eigenvalue weighted by atomic mass is 16.2. The number of aromatic nitrogens is 1. The van der Waals surface area contributed by atoms with E-state index in [1.807, 2.05) is 11.0 Å². The Labute approximate surface area is 226 Å². The van der Waals surface area contributed by atoms with E-state index in [1.54, 1.807) is 14.0 Å². The third-order valence-corrected chi connectivity index (χ3v) is 9.24. The fourth-order valence-corrected chi connectivity index (χ4v) is 7.27. The predicted molar refractivity (Wildman–Crippen MR) is 154 cm³/mol. The van der Waals surface area contributed by atoms with Gasteiger partial charge in [-0.05, 0) is 67.9 Å². The van der Waals surface area contributed by atoms with E-state index in [9.17, 15) is 9.59 Å². The Morgan fingerprint density at radius 3 is 2.37 bits per heavy atom. The molecule has 1 saturated carbocycles. The second kappa shape index (κ2) is 10.1. The number of amides is 2. The molecule has 6 rings (SSSR count). The Morgan fingerprint density at radius 1 is 0.895 bits per heavy atom. The summed E-state index contributed by atoms with van der Waals surface area (Å²) in [7, 11) is 1.70. The van der Waals surface area contributed by atoms with Crippen LogP contribution in [0.2, 0.25) is 0 Å². The minimum Gasteiger partial charge on any atom is -0.366 e. The van der Waals surface area contributed by atoms with Crippen LogP contribution in [-0.4, -0.2) is 54.0 Å². The van der Waals surface area contributed by atoms with E-state index >= 15 is 0 Å². The lowest BCUT2D eigenvalue weighted by Crippen LogP contribution is -2.47. The summed E-state index contributed by atoms with van der Waals surface area (Å²) in [5.41, 5.74) is 8.68. The zero-order valence-electron chi connectivity index (χ0n) is 23.1. The van der Waals surface area contributed by atoms with Crippen LogP contribution in [0.5, 0.6) is 0 Å². The number of hydrogen-bond acceptors (Lipinski definition) is 3. The molecule has 3 heterocycles. The van der Waals surface area contributed by atoms with Gasteiger partial charge in [0.2, 0.25) is 5.91 Å². The van der Waals surface area contributed by atoms with Gasteiger partial charge in [0.25, 0.3) is 5.91 Å². The molecule has 0 spiro atoms. The molecule has 1 aromatic heterocycles. The Kier molecular flexibility index (Phi) is 6.67. The van der Waals surface area contributed by atoms with Crippen LogP contribution >= 0.6 is 0 Å². The molecular formula is C32H40N4O2. The summed E-state index contributed by atoms with van der Waals surface area (Å²) in [5.74, 6) is 0.694. The fraction of sp³-hybridized carbons (Fsp3) is 0.500. The smallest absolute Gasteiger partial charge is 0.251 e. The van der Waals surface area contributed by atoms with E-state index in [-0.39, 0.29) is 11.8 Å². The van der Waals surface area contributed by atoms with Gasteiger partial charge in [0.15, 0.2) is 0 Å². The van der Waals surface area contributed by atoms with Crippen LogP contribution in [-0.2, 0) is 11.3 Å². The second-order valence-electron chi connectivity index (χ2n) is 11.5. The van der Waals surface area contributed by atoms with Crippen molar-refractivity contribution in [3.8, 4) is 11.3 Å². The highest BCUT2D eigenvalue weighted by molar-refractivity contribution is 6.01. The molecule has 0 atom stereocenters. The zero-order valence-corrected chi connectivity index (χ0v) is 23.1. The molecule has 200 valence electrons. The summed E-state index contributed by atoms with van der Waals surface area (Å²) in [6, 6.07) is 13.7. The summed E-state index contributed by atoms with van der Waals surface area (Å²) >= 11 is 0. The monoisotopic (exact) mass is 512 g/mol. The molecule has 0 bridgehead atoms. The highest BCUT2D eigenvalue weighted by Gasteiger charge is 2.33. The van der Waals surface area contributed by atoms with Crippen LogP contribution in [0.15, 0.2) is 36.4 Å². The van der Waals surface area contributed by atoms with Gasteiger partial charge in [-0.3, -0.25) is 9.59 Å². The summed E-state index contributed by atoms with van der Waals surface area (Å²) in [6.07, 6.45) is 8.37. The topological polar surface area (TPSA) is 57.6 Å². The van der Waals surface area contributed by atoms with E-state index in [0.717, 1.165) is 44.6 Å². The summed E-state index contributed by atoms with van der Waals surface area (Å²) in [6.45, 7) is 7.34. The van der Waals surface area contributed by atoms with E-state index in [1.165, 1.54) is 71.1 Å². The zero-order chi connectivity index (χ0) is 26.4. The third kappa shape index (κ3) is 4.28. The first-order valence-corrected chi connectivity index (χ1v) is 14.5. The maximum Gasteiger partial charge on any atom is 0.251 e. The maximum absolute atomic E-state index is 12.6. The number of anilines is 1. The van der Waals surface area contributed by atoms with Gasteiger partial charge in [-0.1, -0.05) is 37.5 Å². The molecule has 6 heteroatoms. The maximum atomic E-state index is 12.6. The number of hydrogen-bond donors (Lipinski definition) is 1. The van der Waals surface area contributed by atoms with Crippen molar-refractivity contribution in [2.75, 3.05) is 31.6 Å². The molecule has 2 amide bonds. The quantitative estimate of drug-likeness (QED) is 0.479. The molecule has 0 radical (unpaired) electrons. The highest BCUT2D eigenvalue weighted by Crippen LogP contribution is 2.48. The van der Waals surface area contributed by atoms with E-state index in [2.05, 4.69) is 52.0 Å². The van der Waals surface area contributed by atoms with Gasteiger partial charge in [0.05, 0.1) is 5.69 Å². The fourth-order valence-electron chi connectivity index (χ4n) is 7.27. The van der Waals surface area contributed by atoms with Gasteiger partial charge < -0.3 is 19.7 Å². The number of nitrogens with zero attached hydrogens (tertiary/aromatic N) is 3. The van der Waals surface area contributed by atoms with Gasteiger partial charge >= 0.3 is 0 Å². The van der Waals surface area contributed by atoms with Crippen molar-refractivity contribution in [2.24, 2.45) is 0 Å². The van der Waals surface area contributed by atoms with Crippen molar-refractivity contribution in [3.05, 3.63) is 53.1 Å². The van der Waals surface area contributed by atoms with Crippen molar-refractivity contribution in [1.29, 1.82) is 0 Å². The lowest BCUT2D eigenvalue weighted by Gasteiger charge is -2.39. The Balaban J connectivity index is 1.52. The molecule has 1 N–H and O–H groups in total. The first-order chi connectivity index (χ1) is 18.5. The normalized spacial score (nSPS) is 18.7. The van der Waals surface area contributed by atoms with E-state index in [4.69, 9.17) is 0 Å². The van der Waals surface area contributed by atoms with Crippen LogP contribution in [0.4, 0.5) is 5.69 Å². The first kappa shape index (κ1) is 25.0. The van der Waals surface area contributed by atoms with Gasteiger partial charge in [0, 0.05) is 73.9 Å². The first-order valence-electron chi connectivity index (χ1n) is 14.5. The number of carbonyl (C=O) groups excluding carboxylic acids is 2. The van der Waals surface area contributed by atoms with Crippen molar-refractivity contribution >= 4 is 28.4 Å². The molecule has 0 unspecified atom stereocenters. The standard InChI is InChI=1S/C32H40N4O2/c1-21-9-11-27-28(19-21)35(25-13-15-34(16-14-25)22(2)37)17-18-36-29-20-24(32(38)33-3)10-12-26(29)30(31(27)36)23-7-5-4-6-8-23/h9-12,19-20,23,25H,4-8,13-18H2,1-3H3,(H,33,38). The number of fused-ring (bicyclic) bond motifs is 5. The largest absolute Gasteiger partial charge is 0.366 e. The molecule has 3 aromatic rings. The molecule has 1 aliphatic carbocycles. The summed E-state index contributed by atoms with van der Waals surface area (Å²) < 4.78 is 2.52. The third-order valence-electron chi connectivity index (χ3n) is 9.24. The average molecular weight is 513 g/mol. The molecule has 1 saturated heterocycles. The number of nitrogens with one attached hydrogen (secondary N) is 1. The molecule has 3 aliphatic rings. The van der Waals surface area contributed by atoms with Crippen molar-refractivity contribution in [2.45, 2.75) is 77.3 Å². The Morgan fingerprint density at radius 2 is 1.66 bits per heavy atom. The van der Waals surface area contributed by atoms with Crippen molar-refractivity contribution in [1.82, 2.24) is 14.8 Å². The molecule has 38 heavy (non-hydrogen) atoms. The van der Waals surface area contributed by atoms with Crippen molar-refractivity contribution in [3.63, 3.8) is 0 Å². The van der Waals surface area contributed by atoms with Crippen LogP contribution in [0.1, 0.15) is 79.3 Å². The van der Waals surface area contributed by atoms with E-state index < -0.39 is 0 Å². The van der Waals surface area contributed by atoms with Crippen LogP contribution < -0.4 is 10.2 Å². The second-order valence-corrected chi connectivity index (χ2v) is 11.5. The molecule has 2 aliphatic heterocycles. The summed E-state index contributed by atoms with van der Waals surface area (Å²) in [4.78, 5) is 29.2. The number of piperidine rings is 1. The molecule has 2 aromatic carbocycles. The van der Waals surface area contributed by atoms with Crippen LogP contribution in [0, 0.1) is 6.92 Å². The number of carbonyl (C=O) groups is 2. The van der Waals surface area contributed by atoms with Gasteiger partial charge in [-0.15, -0.1) is 0 Å². The van der Waals surface area contributed by atoms with Crippen LogP contribution in [0.3, 0.4) is 0 Å². The Hall–Kier alpha value is -3.28. The van der Waals surface area contributed by atoms with Gasteiger partial charge in [-0.2, -0.15) is 0 Å². The van der Waals surface area contributed by atoms with Gasteiger partial charge in [-0.25, -0.2) is 0 Å². The predicted octanol–water partition coefficient (Wildman–Crippen LogP) is 5.85. The minimum absolute atomic E-state index is 0.0369. The number of likely N-dealkylation sites (tertiary alicyclic amines) is 1. The van der Waals surface area contributed by atoms with E-state index in [0.29, 0.717) is 12.0 Å². The molecular weight excluding hydrogens is 472 g/mol. The number of aryl methyl sites for hydroxylation is 1. The number of benzene rings is 2. The average Bonchev–Trinajstić information content (AvgIpc) is 3.17. The number of rotatable bonds is 3. The lowest BCUT2D eigenvalue weighted by molar-refractivity contribution is -0.129.